The Morgan fingerprint density at radius 3 is 2.80 bits per heavy atom. The second-order valence-electron chi connectivity index (χ2n) is 6.30. The number of aliphatic hydroxyl groups is 1. The van der Waals surface area contributed by atoms with Crippen LogP contribution in [-0.2, 0) is 6.42 Å². The topological polar surface area (TPSA) is 41.5 Å². The first-order valence-corrected chi connectivity index (χ1v) is 7.88. The quantitative estimate of drug-likeness (QED) is 0.838. The first-order valence-electron chi connectivity index (χ1n) is 7.88. The molecule has 3 nitrogen and oxygen atoms in total. The molecule has 2 atom stereocenters. The number of aliphatic hydroxyl groups excluding tert-OH is 1. The van der Waals surface area contributed by atoms with Crippen molar-refractivity contribution in [3.05, 3.63) is 29.8 Å². The molecule has 1 aromatic rings. The number of ether oxygens (including phenoxy) is 1. The number of hydrogen-bond donors (Lipinski definition) is 2. The zero-order chi connectivity index (χ0) is 14.0. The standard InChI is InChI=1S/C17H25NO2/c1-2-13-5-3-4-6-16(13)20-15-9-10-17(11-15,12-19)18-14-7-8-14/h3-6,14-15,18-19H,2,7-12H2,1H3. The predicted octanol–water partition coefficient (Wildman–Crippen LogP) is 2.66. The molecular weight excluding hydrogens is 250 g/mol. The van der Waals surface area contributed by atoms with E-state index in [1.54, 1.807) is 0 Å². The smallest absolute Gasteiger partial charge is 0.122 e. The van der Waals surface area contributed by atoms with E-state index in [9.17, 15) is 5.11 Å². The molecule has 2 N–H and O–H groups in total. The maximum absolute atomic E-state index is 9.76. The SMILES string of the molecule is CCc1ccccc1OC1CCC(CO)(NC2CC2)C1. The molecule has 0 saturated heterocycles. The summed E-state index contributed by atoms with van der Waals surface area (Å²) in [5.74, 6) is 1.01. The molecule has 0 heterocycles. The van der Waals surface area contributed by atoms with Crippen molar-refractivity contribution in [2.45, 2.75) is 63.1 Å². The molecule has 3 heteroatoms. The summed E-state index contributed by atoms with van der Waals surface area (Å²) < 4.78 is 6.21. The fraction of sp³-hybridized carbons (Fsp3) is 0.647. The first-order chi connectivity index (χ1) is 9.74. The molecule has 3 rings (SSSR count). The highest BCUT2D eigenvalue weighted by Gasteiger charge is 2.43. The summed E-state index contributed by atoms with van der Waals surface area (Å²) in [7, 11) is 0. The van der Waals surface area contributed by atoms with Gasteiger partial charge < -0.3 is 15.2 Å². The molecule has 20 heavy (non-hydrogen) atoms. The Kier molecular flexibility index (Phi) is 3.99. The summed E-state index contributed by atoms with van der Waals surface area (Å²) in [4.78, 5) is 0. The summed E-state index contributed by atoms with van der Waals surface area (Å²) in [5, 5.41) is 13.4. The van der Waals surface area contributed by atoms with Gasteiger partial charge in [0.05, 0.1) is 6.61 Å². The van der Waals surface area contributed by atoms with Crippen LogP contribution in [0.4, 0.5) is 0 Å². The maximum Gasteiger partial charge on any atom is 0.122 e. The predicted molar refractivity (Wildman–Crippen MR) is 80.1 cm³/mol. The van der Waals surface area contributed by atoms with Crippen molar-refractivity contribution in [3.63, 3.8) is 0 Å². The summed E-state index contributed by atoms with van der Waals surface area (Å²) in [5.41, 5.74) is 1.16. The lowest BCUT2D eigenvalue weighted by molar-refractivity contribution is 0.138. The van der Waals surface area contributed by atoms with Crippen LogP contribution in [0.15, 0.2) is 24.3 Å². The van der Waals surface area contributed by atoms with Crippen LogP contribution in [0, 0.1) is 0 Å². The van der Waals surface area contributed by atoms with Crippen LogP contribution >= 0.6 is 0 Å². The second-order valence-corrected chi connectivity index (χ2v) is 6.30. The van der Waals surface area contributed by atoms with Gasteiger partial charge in [0.2, 0.25) is 0 Å². The summed E-state index contributed by atoms with van der Waals surface area (Å²) in [6.45, 7) is 2.38. The lowest BCUT2D eigenvalue weighted by Gasteiger charge is -2.28. The van der Waals surface area contributed by atoms with E-state index in [-0.39, 0.29) is 18.2 Å². The number of benzene rings is 1. The molecular formula is C17H25NO2. The van der Waals surface area contributed by atoms with Crippen LogP contribution < -0.4 is 10.1 Å². The average molecular weight is 275 g/mol. The highest BCUT2D eigenvalue weighted by atomic mass is 16.5. The fourth-order valence-electron chi connectivity index (χ4n) is 3.25. The van der Waals surface area contributed by atoms with Crippen molar-refractivity contribution in [2.75, 3.05) is 6.61 Å². The Morgan fingerprint density at radius 2 is 2.10 bits per heavy atom. The van der Waals surface area contributed by atoms with Crippen LogP contribution in [0.2, 0.25) is 0 Å². The van der Waals surface area contributed by atoms with Gasteiger partial charge in [-0.25, -0.2) is 0 Å². The van der Waals surface area contributed by atoms with Crippen molar-refractivity contribution < 1.29 is 9.84 Å². The summed E-state index contributed by atoms with van der Waals surface area (Å²) in [6, 6.07) is 8.92. The van der Waals surface area contributed by atoms with Crippen molar-refractivity contribution in [2.24, 2.45) is 0 Å². The largest absolute Gasteiger partial charge is 0.490 e. The van der Waals surface area contributed by atoms with Gasteiger partial charge >= 0.3 is 0 Å². The van der Waals surface area contributed by atoms with E-state index < -0.39 is 0 Å². The summed E-state index contributed by atoms with van der Waals surface area (Å²) >= 11 is 0. The normalized spacial score (nSPS) is 29.6. The van der Waals surface area contributed by atoms with Gasteiger partial charge in [-0.15, -0.1) is 0 Å². The van der Waals surface area contributed by atoms with E-state index in [0.29, 0.717) is 6.04 Å². The van der Waals surface area contributed by atoms with Crippen molar-refractivity contribution >= 4 is 0 Å². The van der Waals surface area contributed by atoms with Crippen LogP contribution in [0.5, 0.6) is 5.75 Å². The van der Waals surface area contributed by atoms with E-state index in [1.165, 1.54) is 18.4 Å². The highest BCUT2D eigenvalue weighted by Crippen LogP contribution is 2.36. The van der Waals surface area contributed by atoms with Gasteiger partial charge in [0.25, 0.3) is 0 Å². The third-order valence-electron chi connectivity index (χ3n) is 4.60. The van der Waals surface area contributed by atoms with Gasteiger partial charge in [-0.2, -0.15) is 0 Å². The third-order valence-corrected chi connectivity index (χ3v) is 4.60. The number of aryl methyl sites for hydroxylation is 1. The number of hydrogen-bond acceptors (Lipinski definition) is 3. The van der Waals surface area contributed by atoms with Gasteiger partial charge in [0.15, 0.2) is 0 Å². The van der Waals surface area contributed by atoms with Crippen LogP contribution in [0.25, 0.3) is 0 Å². The van der Waals surface area contributed by atoms with Crippen molar-refractivity contribution in [1.82, 2.24) is 5.32 Å². The Morgan fingerprint density at radius 1 is 1.30 bits per heavy atom. The number of nitrogens with one attached hydrogen (secondary N) is 1. The van der Waals surface area contributed by atoms with Gasteiger partial charge in [-0.05, 0) is 43.7 Å². The molecule has 0 radical (unpaired) electrons. The first kappa shape index (κ1) is 13.9. The molecule has 2 aliphatic rings. The molecule has 2 aliphatic carbocycles. The number of rotatable bonds is 6. The van der Waals surface area contributed by atoms with Crippen molar-refractivity contribution in [3.8, 4) is 5.75 Å². The summed E-state index contributed by atoms with van der Waals surface area (Å²) in [6.07, 6.45) is 6.68. The minimum atomic E-state index is -0.104. The minimum absolute atomic E-state index is 0.104. The monoisotopic (exact) mass is 275 g/mol. The average Bonchev–Trinajstić information content (AvgIpc) is 3.20. The Labute approximate surface area is 121 Å². The third kappa shape index (κ3) is 2.99. The number of para-hydroxylation sites is 1. The van der Waals surface area contributed by atoms with E-state index in [0.717, 1.165) is 31.4 Å². The van der Waals surface area contributed by atoms with E-state index in [4.69, 9.17) is 4.74 Å². The minimum Gasteiger partial charge on any atom is -0.490 e. The van der Waals surface area contributed by atoms with Crippen molar-refractivity contribution in [1.29, 1.82) is 0 Å². The molecule has 0 aliphatic heterocycles. The van der Waals surface area contributed by atoms with Crippen LogP contribution in [0.3, 0.4) is 0 Å². The second kappa shape index (κ2) is 5.74. The van der Waals surface area contributed by atoms with E-state index in [1.807, 2.05) is 6.07 Å². The van der Waals surface area contributed by atoms with E-state index >= 15 is 0 Å². The van der Waals surface area contributed by atoms with Crippen LogP contribution in [0.1, 0.15) is 44.6 Å². The van der Waals surface area contributed by atoms with Gasteiger partial charge in [0.1, 0.15) is 11.9 Å². The molecule has 0 bridgehead atoms. The fourth-order valence-corrected chi connectivity index (χ4v) is 3.25. The molecule has 0 aromatic heterocycles. The zero-order valence-electron chi connectivity index (χ0n) is 12.3. The molecule has 110 valence electrons. The molecule has 2 fully saturated rings. The molecule has 0 spiro atoms. The molecule has 2 unspecified atom stereocenters. The molecule has 0 amide bonds. The van der Waals surface area contributed by atoms with Gasteiger partial charge in [-0.3, -0.25) is 0 Å². The van der Waals surface area contributed by atoms with Crippen LogP contribution in [-0.4, -0.2) is 29.4 Å². The molecule has 2 saturated carbocycles. The Bertz CT molecular complexity index is 458. The van der Waals surface area contributed by atoms with Gasteiger partial charge in [0, 0.05) is 18.0 Å². The lowest BCUT2D eigenvalue weighted by Crippen LogP contribution is -2.48. The lowest BCUT2D eigenvalue weighted by atomic mass is 9.98. The van der Waals surface area contributed by atoms with Gasteiger partial charge in [-0.1, -0.05) is 25.1 Å². The Balaban J connectivity index is 1.64. The van der Waals surface area contributed by atoms with E-state index in [2.05, 4.69) is 30.4 Å². The Hall–Kier alpha value is -1.06. The maximum atomic E-state index is 9.76. The highest BCUT2D eigenvalue weighted by molar-refractivity contribution is 5.33. The zero-order valence-corrected chi connectivity index (χ0v) is 12.3. The molecule has 1 aromatic carbocycles.